The first-order valence-corrected chi connectivity index (χ1v) is 23.6. The average molecular weight is 780 g/mol. The molecule has 1 aliphatic heterocycles. The van der Waals surface area contributed by atoms with Crippen molar-refractivity contribution in [3.63, 3.8) is 0 Å². The van der Waals surface area contributed by atoms with Crippen LogP contribution in [0.4, 0.5) is 17.1 Å². The van der Waals surface area contributed by atoms with Crippen LogP contribution in [0.3, 0.4) is 0 Å². The predicted octanol–water partition coefficient (Wildman–Crippen LogP) is 15.3. The minimum absolute atomic E-state index is 0.0639. The van der Waals surface area contributed by atoms with E-state index in [9.17, 15) is 0 Å². The van der Waals surface area contributed by atoms with Crippen LogP contribution < -0.4 is 4.90 Å². The Balaban J connectivity index is 1.11. The Morgan fingerprint density at radius 1 is 0.500 bits per heavy atom. The number of anilines is 3. The summed E-state index contributed by atoms with van der Waals surface area (Å²) in [4.78, 5) is 5.78. The van der Waals surface area contributed by atoms with Crippen LogP contribution in [0.1, 0.15) is 140 Å². The number of rotatable bonds is 4. The second kappa shape index (κ2) is 11.5. The molecule has 4 fully saturated rings. The summed E-state index contributed by atoms with van der Waals surface area (Å²) in [5.41, 5.74) is 17.3. The van der Waals surface area contributed by atoms with E-state index in [1.165, 1.54) is 100 Å². The van der Waals surface area contributed by atoms with E-state index in [0.717, 1.165) is 23.7 Å². The average Bonchev–Trinajstić information content (AvgIpc) is 3.74. The molecule has 6 unspecified atom stereocenters. The number of fused-ring (bicyclic) bond motifs is 9. The van der Waals surface area contributed by atoms with Crippen molar-refractivity contribution in [1.29, 1.82) is 0 Å². The van der Waals surface area contributed by atoms with Crippen molar-refractivity contribution in [2.75, 3.05) is 4.90 Å². The minimum Gasteiger partial charge on any atom is -0.310 e. The summed E-state index contributed by atoms with van der Waals surface area (Å²) >= 11 is 2.05. The first kappa shape index (κ1) is 36.1. The molecule has 0 saturated heterocycles. The third-order valence-electron chi connectivity index (χ3n) is 18.1. The van der Waals surface area contributed by atoms with Crippen LogP contribution in [0.25, 0.3) is 11.1 Å². The van der Waals surface area contributed by atoms with Gasteiger partial charge in [-0.1, -0.05) is 134 Å². The van der Waals surface area contributed by atoms with Gasteiger partial charge in [0.25, 0.3) is 0 Å². The Labute approximate surface area is 352 Å². The van der Waals surface area contributed by atoms with E-state index in [4.69, 9.17) is 0 Å². The topological polar surface area (TPSA) is 3.24 Å². The molecule has 4 saturated carbocycles. The molecule has 58 heavy (non-hydrogen) atoms. The second-order valence-electron chi connectivity index (χ2n) is 22.7. The molecule has 0 radical (unpaired) electrons. The zero-order valence-electron chi connectivity index (χ0n) is 36.1. The molecule has 2 spiro atoms. The van der Waals surface area contributed by atoms with Gasteiger partial charge in [-0.25, -0.2) is 0 Å². The van der Waals surface area contributed by atoms with E-state index in [-0.39, 0.29) is 27.1 Å². The van der Waals surface area contributed by atoms with Crippen molar-refractivity contribution in [2.24, 2.45) is 29.1 Å². The summed E-state index contributed by atoms with van der Waals surface area (Å²) in [6.07, 6.45) is 10.6. The van der Waals surface area contributed by atoms with E-state index in [0.29, 0.717) is 5.41 Å². The monoisotopic (exact) mass is 779 g/mol. The first-order chi connectivity index (χ1) is 27.7. The highest BCUT2D eigenvalue weighted by Gasteiger charge is 2.84. The van der Waals surface area contributed by atoms with Crippen molar-refractivity contribution >= 4 is 28.8 Å². The number of hydrogen-bond donors (Lipinski definition) is 0. The summed E-state index contributed by atoms with van der Waals surface area (Å²) in [7, 11) is 0. The fourth-order valence-corrected chi connectivity index (χ4v) is 16.5. The van der Waals surface area contributed by atoms with Crippen molar-refractivity contribution in [3.05, 3.63) is 137 Å². The quantitative estimate of drug-likeness (QED) is 0.179. The molecule has 0 N–H and O–H groups in total. The lowest BCUT2D eigenvalue weighted by Crippen LogP contribution is -2.74. The van der Waals surface area contributed by atoms with Gasteiger partial charge in [-0.2, -0.15) is 0 Å². The molecular formula is C56H61NS. The maximum absolute atomic E-state index is 2.79. The third kappa shape index (κ3) is 4.47. The summed E-state index contributed by atoms with van der Waals surface area (Å²) in [5.74, 6) is 3.38. The highest BCUT2D eigenvalue weighted by Crippen LogP contribution is 2.89. The fraction of sp³-hybridized carbons (Fsp3) is 0.464. The summed E-state index contributed by atoms with van der Waals surface area (Å²) in [5, 5.41) is 0. The second-order valence-corrected chi connectivity index (χ2v) is 23.8. The van der Waals surface area contributed by atoms with Crippen molar-refractivity contribution in [3.8, 4) is 11.1 Å². The molecule has 7 aliphatic rings. The van der Waals surface area contributed by atoms with Crippen LogP contribution in [0.15, 0.2) is 113 Å². The maximum atomic E-state index is 2.79. The third-order valence-corrected chi connectivity index (χ3v) is 19.2. The molecule has 2 heteroatoms. The van der Waals surface area contributed by atoms with Gasteiger partial charge >= 0.3 is 0 Å². The van der Waals surface area contributed by atoms with E-state index >= 15 is 0 Å². The van der Waals surface area contributed by atoms with E-state index < -0.39 is 0 Å². The standard InChI is InChI=1S/C56H61NS/c1-51(2)24-26-53(5,6)49-40(51)16-12-18-43(49)57(44-19-13-17-41-50(44)54(7,8)27-25-52(41,3)4)38-21-23-45-42(32-38)56(47-29-34-28-37-31-48(56)55(37,47)33-34)39-22-20-36(30-46(39)58-45)35-14-10-9-11-15-35/h9-23,30,32,34,37,47-48H,24-29,31,33H2,1-8H3. The van der Waals surface area contributed by atoms with Crippen LogP contribution in [0, 0.1) is 29.1 Å². The van der Waals surface area contributed by atoms with Gasteiger partial charge in [-0.3, -0.25) is 0 Å². The smallest absolute Gasteiger partial charge is 0.0502 e. The van der Waals surface area contributed by atoms with Crippen LogP contribution in [0.2, 0.25) is 0 Å². The Morgan fingerprint density at radius 2 is 1.12 bits per heavy atom. The molecule has 6 atom stereocenters. The van der Waals surface area contributed by atoms with Gasteiger partial charge < -0.3 is 4.90 Å². The van der Waals surface area contributed by atoms with Crippen LogP contribution in [-0.4, -0.2) is 0 Å². The summed E-state index contributed by atoms with van der Waals surface area (Å²) in [6, 6.07) is 41.2. The lowest BCUT2D eigenvalue weighted by Gasteiger charge is -2.78. The number of benzene rings is 5. The van der Waals surface area contributed by atoms with Crippen molar-refractivity contribution < 1.29 is 0 Å². The fourth-order valence-electron chi connectivity index (χ4n) is 15.2. The van der Waals surface area contributed by atoms with Crippen molar-refractivity contribution in [2.45, 2.75) is 144 Å². The van der Waals surface area contributed by atoms with Gasteiger partial charge in [0.15, 0.2) is 0 Å². The molecule has 12 rings (SSSR count). The van der Waals surface area contributed by atoms with Gasteiger partial charge in [0.05, 0.1) is 11.4 Å². The summed E-state index contributed by atoms with van der Waals surface area (Å²) in [6.45, 7) is 20.0. The lowest BCUT2D eigenvalue weighted by molar-refractivity contribution is -0.235. The minimum atomic E-state index is 0.0639. The molecule has 6 aliphatic carbocycles. The Bertz CT molecular complexity index is 2480. The van der Waals surface area contributed by atoms with E-state index in [1.54, 1.807) is 22.3 Å². The first-order valence-electron chi connectivity index (χ1n) is 22.8. The molecule has 2 bridgehead atoms. The zero-order valence-corrected chi connectivity index (χ0v) is 37.0. The van der Waals surface area contributed by atoms with Gasteiger partial charge in [-0.05, 0) is 183 Å². The Hall–Kier alpha value is -3.75. The number of nitrogens with zero attached hydrogens (tertiary/aromatic N) is 1. The highest BCUT2D eigenvalue weighted by atomic mass is 32.2. The predicted molar refractivity (Wildman–Crippen MR) is 243 cm³/mol. The normalized spacial score (nSPS) is 31.5. The molecule has 1 nitrogen and oxygen atoms in total. The molecule has 1 heterocycles. The van der Waals surface area contributed by atoms with Gasteiger partial charge in [0.2, 0.25) is 0 Å². The van der Waals surface area contributed by atoms with Crippen LogP contribution in [0.5, 0.6) is 0 Å². The summed E-state index contributed by atoms with van der Waals surface area (Å²) < 4.78 is 0. The Kier molecular flexibility index (Phi) is 7.19. The molecule has 296 valence electrons. The van der Waals surface area contributed by atoms with Gasteiger partial charge in [0, 0.05) is 20.9 Å². The highest BCUT2D eigenvalue weighted by molar-refractivity contribution is 7.99. The molecular weight excluding hydrogens is 719 g/mol. The zero-order chi connectivity index (χ0) is 39.8. The Morgan fingerprint density at radius 3 is 1.76 bits per heavy atom. The maximum Gasteiger partial charge on any atom is 0.0502 e. The van der Waals surface area contributed by atoms with E-state index in [1.807, 2.05) is 0 Å². The van der Waals surface area contributed by atoms with Gasteiger partial charge in [0.1, 0.15) is 0 Å². The largest absolute Gasteiger partial charge is 0.310 e. The van der Waals surface area contributed by atoms with Crippen LogP contribution >= 0.6 is 11.8 Å². The molecule has 0 amide bonds. The lowest BCUT2D eigenvalue weighted by atomic mass is 9.26. The van der Waals surface area contributed by atoms with Gasteiger partial charge in [-0.15, -0.1) is 0 Å². The van der Waals surface area contributed by atoms with Crippen LogP contribution in [-0.2, 0) is 27.1 Å². The van der Waals surface area contributed by atoms with E-state index in [2.05, 4.69) is 175 Å². The molecule has 5 aromatic rings. The molecule has 5 aromatic carbocycles. The SMILES string of the molecule is CC1(C)CCC(C)(C)c2c(N(c3ccc4c(c3)C3(c5ccc(-c6ccccc6)cc5S4)C4CC5CC6CC3C64C5)c3cccc4c3C(C)(C)CCC4(C)C)cccc21. The van der Waals surface area contributed by atoms with Crippen molar-refractivity contribution in [1.82, 2.24) is 0 Å². The molecule has 0 aromatic heterocycles. The number of hydrogen-bond acceptors (Lipinski definition) is 2.